The Morgan fingerprint density at radius 1 is 1.41 bits per heavy atom. The lowest BCUT2D eigenvalue weighted by Gasteiger charge is -2.34. The molecule has 3 N–H and O–H groups in total. The van der Waals surface area contributed by atoms with E-state index in [2.05, 4.69) is 68.3 Å². The van der Waals surface area contributed by atoms with Crippen molar-refractivity contribution in [2.75, 3.05) is 18.1 Å². The minimum atomic E-state index is -0.302. The molecule has 0 saturated heterocycles. The maximum Gasteiger partial charge on any atom is 0.114 e. The smallest absolute Gasteiger partial charge is 0.114 e. The summed E-state index contributed by atoms with van der Waals surface area (Å²) in [5, 5.41) is 3.70. The van der Waals surface area contributed by atoms with Crippen LogP contribution in [0.15, 0.2) is 35.6 Å². The molecule has 4 heteroatoms. The van der Waals surface area contributed by atoms with Crippen LogP contribution in [0, 0.1) is 17.3 Å². The minimum absolute atomic E-state index is 0.185. The third-order valence-corrected chi connectivity index (χ3v) is 7.14. The van der Waals surface area contributed by atoms with E-state index in [1.165, 1.54) is 40.5 Å². The number of ether oxygens (including phenoxy) is 1. The molecule has 4 atom stereocenters. The number of hydrogen-bond acceptors (Lipinski definition) is 3. The van der Waals surface area contributed by atoms with Crippen molar-refractivity contribution < 1.29 is 4.74 Å². The predicted molar refractivity (Wildman–Crippen MR) is 127 cm³/mol. The molecule has 0 spiro atoms. The first-order valence-corrected chi connectivity index (χ1v) is 11.9. The third-order valence-electron chi connectivity index (χ3n) is 6.38. The number of nitrogens with one attached hydrogen (secondary N) is 1. The van der Waals surface area contributed by atoms with Gasteiger partial charge in [0, 0.05) is 24.8 Å². The van der Waals surface area contributed by atoms with Crippen LogP contribution < -0.4 is 11.1 Å². The highest BCUT2D eigenvalue weighted by molar-refractivity contribution is 14.1. The Kier molecular flexibility index (Phi) is 11.2. The molecule has 0 aromatic heterocycles. The molecule has 0 aliphatic heterocycles. The second-order valence-corrected chi connectivity index (χ2v) is 9.50. The molecule has 0 amide bonds. The summed E-state index contributed by atoms with van der Waals surface area (Å²) in [4.78, 5) is 0. The lowest BCUT2D eigenvalue weighted by atomic mass is 9.76. The van der Waals surface area contributed by atoms with E-state index in [9.17, 15) is 0 Å². The molecule has 0 heterocycles. The summed E-state index contributed by atoms with van der Waals surface area (Å²) >= 11 is 2.46. The predicted octanol–water partition coefficient (Wildman–Crippen LogP) is 5.96. The van der Waals surface area contributed by atoms with Gasteiger partial charge in [-0.05, 0) is 73.9 Å². The van der Waals surface area contributed by atoms with Crippen molar-refractivity contribution in [3.63, 3.8) is 0 Å². The van der Waals surface area contributed by atoms with Gasteiger partial charge in [0.25, 0.3) is 0 Å². The summed E-state index contributed by atoms with van der Waals surface area (Å²) in [6, 6.07) is 0. The lowest BCUT2D eigenvalue weighted by molar-refractivity contribution is 0.0194. The fourth-order valence-corrected chi connectivity index (χ4v) is 4.37. The fraction of sp³-hybridized carbons (Fsp3) is 0.739. The van der Waals surface area contributed by atoms with E-state index < -0.39 is 0 Å². The number of methoxy groups -OCH3 is 1. The van der Waals surface area contributed by atoms with E-state index >= 15 is 0 Å². The van der Waals surface area contributed by atoms with Crippen molar-refractivity contribution in [1.82, 2.24) is 5.32 Å². The summed E-state index contributed by atoms with van der Waals surface area (Å²) in [7, 11) is 1.68. The number of allylic oxidation sites excluding steroid dienone is 3. The van der Waals surface area contributed by atoms with Crippen LogP contribution in [-0.2, 0) is 4.74 Å². The SMILES string of the molecule is C=CC(C)(CCC1CC(C)=C(NCCCCCI)C=C(C)[C@@H]1C)C(N)OC. The normalized spacial score (nSPS) is 24.0. The van der Waals surface area contributed by atoms with Crippen molar-refractivity contribution in [3.8, 4) is 0 Å². The van der Waals surface area contributed by atoms with E-state index in [1.54, 1.807) is 7.11 Å². The third kappa shape index (κ3) is 7.54. The standard InChI is InChI=1S/C23H41IN2O/c1-7-23(5,22(25)27-6)12-11-20-15-18(3)21(16-17(2)19(20)4)26-14-10-8-9-13-24/h7,16,19-20,22,26H,1,8-15,25H2,2-6H3/t19-,20?,22?,23?/m0/s1. The zero-order chi connectivity index (χ0) is 20.4. The molecule has 1 aliphatic carbocycles. The van der Waals surface area contributed by atoms with Crippen LogP contribution in [0.4, 0.5) is 0 Å². The second kappa shape index (κ2) is 12.3. The molecule has 0 bridgehead atoms. The van der Waals surface area contributed by atoms with Gasteiger partial charge in [0.2, 0.25) is 0 Å². The molecule has 0 aromatic rings. The average molecular weight is 488 g/mol. The van der Waals surface area contributed by atoms with E-state index in [4.69, 9.17) is 10.5 Å². The van der Waals surface area contributed by atoms with Crippen LogP contribution in [0.5, 0.6) is 0 Å². The molecule has 0 fully saturated rings. The molecule has 1 aliphatic rings. The number of unbranched alkanes of at least 4 members (excludes halogenated alkanes) is 2. The topological polar surface area (TPSA) is 47.3 Å². The maximum absolute atomic E-state index is 6.18. The van der Waals surface area contributed by atoms with Crippen LogP contribution in [0.2, 0.25) is 0 Å². The van der Waals surface area contributed by atoms with Gasteiger partial charge in [0.1, 0.15) is 6.23 Å². The number of alkyl halides is 1. The first-order chi connectivity index (χ1) is 12.8. The summed E-state index contributed by atoms with van der Waals surface area (Å²) < 4.78 is 6.66. The Hall–Kier alpha value is -0.330. The molecule has 3 unspecified atom stereocenters. The Balaban J connectivity index is 2.76. The quantitative estimate of drug-likeness (QED) is 0.117. The highest BCUT2D eigenvalue weighted by atomic mass is 127. The van der Waals surface area contributed by atoms with Gasteiger partial charge in [-0.15, -0.1) is 6.58 Å². The molecule has 0 radical (unpaired) electrons. The Labute approximate surface area is 181 Å². The number of hydrogen-bond donors (Lipinski definition) is 2. The summed E-state index contributed by atoms with van der Waals surface area (Å²) in [6.07, 6.45) is 11.2. The second-order valence-electron chi connectivity index (χ2n) is 8.42. The fourth-order valence-electron chi connectivity index (χ4n) is 3.83. The van der Waals surface area contributed by atoms with Crippen molar-refractivity contribution in [1.29, 1.82) is 0 Å². The first-order valence-electron chi connectivity index (χ1n) is 10.4. The average Bonchev–Trinajstić information content (AvgIpc) is 2.77. The largest absolute Gasteiger partial charge is 0.385 e. The number of halogens is 1. The molecular formula is C23H41IN2O. The van der Waals surface area contributed by atoms with Gasteiger partial charge >= 0.3 is 0 Å². The number of rotatable bonds is 12. The van der Waals surface area contributed by atoms with Crippen molar-refractivity contribution in [3.05, 3.63) is 35.6 Å². The van der Waals surface area contributed by atoms with Crippen LogP contribution in [0.3, 0.4) is 0 Å². The van der Waals surface area contributed by atoms with Gasteiger partial charge in [-0.25, -0.2) is 0 Å². The van der Waals surface area contributed by atoms with Crippen LogP contribution in [-0.4, -0.2) is 24.3 Å². The number of nitrogens with two attached hydrogens (primary N) is 1. The van der Waals surface area contributed by atoms with Gasteiger partial charge in [-0.1, -0.05) is 54.5 Å². The van der Waals surface area contributed by atoms with Crippen molar-refractivity contribution in [2.45, 2.75) is 72.4 Å². The van der Waals surface area contributed by atoms with Gasteiger partial charge in [0.05, 0.1) is 0 Å². The molecule has 27 heavy (non-hydrogen) atoms. The molecule has 0 saturated carbocycles. The Morgan fingerprint density at radius 3 is 2.70 bits per heavy atom. The van der Waals surface area contributed by atoms with E-state index in [-0.39, 0.29) is 11.6 Å². The van der Waals surface area contributed by atoms with Gasteiger partial charge < -0.3 is 15.8 Å². The Bertz CT molecular complexity index is 528. The van der Waals surface area contributed by atoms with E-state index in [0.29, 0.717) is 11.8 Å². The monoisotopic (exact) mass is 488 g/mol. The van der Waals surface area contributed by atoms with Gasteiger partial charge in [-0.3, -0.25) is 0 Å². The summed E-state index contributed by atoms with van der Waals surface area (Å²) in [5.41, 5.74) is 10.3. The highest BCUT2D eigenvalue weighted by Gasteiger charge is 2.31. The summed E-state index contributed by atoms with van der Waals surface area (Å²) in [5.74, 6) is 1.20. The molecule has 156 valence electrons. The van der Waals surface area contributed by atoms with Crippen molar-refractivity contribution in [2.24, 2.45) is 23.0 Å². The highest BCUT2D eigenvalue weighted by Crippen LogP contribution is 2.38. The molecule has 1 rings (SSSR count). The zero-order valence-corrected chi connectivity index (χ0v) is 20.3. The zero-order valence-electron chi connectivity index (χ0n) is 18.1. The maximum atomic E-state index is 6.18. The molecular weight excluding hydrogens is 447 g/mol. The van der Waals surface area contributed by atoms with Crippen LogP contribution >= 0.6 is 22.6 Å². The summed E-state index contributed by atoms with van der Waals surface area (Å²) in [6.45, 7) is 14.2. The van der Waals surface area contributed by atoms with E-state index in [1.807, 2.05) is 6.08 Å². The minimum Gasteiger partial charge on any atom is -0.385 e. The van der Waals surface area contributed by atoms with Crippen LogP contribution in [0.1, 0.15) is 66.2 Å². The first kappa shape index (κ1) is 24.7. The Morgan fingerprint density at radius 2 is 2.11 bits per heavy atom. The van der Waals surface area contributed by atoms with Crippen LogP contribution in [0.25, 0.3) is 0 Å². The molecule has 3 nitrogen and oxygen atoms in total. The van der Waals surface area contributed by atoms with Gasteiger partial charge in [-0.2, -0.15) is 0 Å². The van der Waals surface area contributed by atoms with Gasteiger partial charge in [0.15, 0.2) is 0 Å². The van der Waals surface area contributed by atoms with Crippen molar-refractivity contribution >= 4 is 22.6 Å². The van der Waals surface area contributed by atoms with E-state index in [0.717, 1.165) is 25.8 Å². The lowest BCUT2D eigenvalue weighted by Crippen LogP contribution is -2.40. The molecule has 0 aromatic carbocycles.